The van der Waals surface area contributed by atoms with Crippen LogP contribution in [0.3, 0.4) is 0 Å². The van der Waals surface area contributed by atoms with Gasteiger partial charge in [0, 0.05) is 5.56 Å². The Labute approximate surface area is 103 Å². The van der Waals surface area contributed by atoms with Gasteiger partial charge in [0.25, 0.3) is 0 Å². The van der Waals surface area contributed by atoms with Gasteiger partial charge in [-0.15, -0.1) is 0 Å². The Morgan fingerprint density at radius 2 is 1.89 bits per heavy atom. The van der Waals surface area contributed by atoms with Gasteiger partial charge in [0.15, 0.2) is 5.49 Å². The number of carboxylic acids is 1. The van der Waals surface area contributed by atoms with Crippen molar-refractivity contribution in [3.8, 4) is 11.1 Å². The molecule has 5 heteroatoms. The Bertz CT molecular complexity index is 660. The highest BCUT2D eigenvalue weighted by Gasteiger charge is 2.17. The van der Waals surface area contributed by atoms with Gasteiger partial charge in [-0.3, -0.25) is 5.41 Å². The average molecular weight is 244 g/mol. The maximum atomic E-state index is 11.2. The number of benzene rings is 1. The lowest BCUT2D eigenvalue weighted by molar-refractivity contribution is 0.0686. The van der Waals surface area contributed by atoms with Crippen molar-refractivity contribution in [1.29, 1.82) is 5.41 Å². The van der Waals surface area contributed by atoms with Crippen LogP contribution in [0, 0.1) is 12.3 Å². The number of rotatable bonds is 2. The van der Waals surface area contributed by atoms with Gasteiger partial charge in [-0.05, 0) is 18.6 Å². The zero-order valence-corrected chi connectivity index (χ0v) is 9.71. The van der Waals surface area contributed by atoms with Crippen molar-refractivity contribution in [1.82, 2.24) is 4.73 Å². The summed E-state index contributed by atoms with van der Waals surface area (Å²) in [6, 6.07) is 10.5. The van der Waals surface area contributed by atoms with Crippen LogP contribution in [0.1, 0.15) is 16.1 Å². The van der Waals surface area contributed by atoms with E-state index < -0.39 is 11.5 Å². The number of aromatic nitrogens is 1. The third kappa shape index (κ3) is 1.86. The lowest BCUT2D eigenvalue weighted by atomic mass is 10.0. The van der Waals surface area contributed by atoms with E-state index in [1.165, 1.54) is 0 Å². The molecule has 0 radical (unpaired) electrons. The number of carboxylic acid groups (broad SMARTS) is 1. The summed E-state index contributed by atoms with van der Waals surface area (Å²) in [6.07, 6.45) is 0. The molecule has 0 amide bonds. The van der Waals surface area contributed by atoms with Crippen molar-refractivity contribution in [3.05, 3.63) is 53.1 Å². The molecule has 2 aromatic rings. The van der Waals surface area contributed by atoms with Gasteiger partial charge < -0.3 is 10.3 Å². The smallest absolute Gasteiger partial charge is 0.340 e. The minimum absolute atomic E-state index is 0.214. The summed E-state index contributed by atoms with van der Waals surface area (Å²) in [4.78, 5) is 11.2. The molecule has 92 valence electrons. The average Bonchev–Trinajstić information content (AvgIpc) is 2.36. The molecule has 0 aliphatic heterocycles. The molecule has 0 spiro atoms. The first-order valence-corrected chi connectivity index (χ1v) is 5.31. The fourth-order valence-corrected chi connectivity index (χ4v) is 1.81. The third-order valence-corrected chi connectivity index (χ3v) is 2.70. The summed E-state index contributed by atoms with van der Waals surface area (Å²) in [5, 5.41) is 26.4. The topological polar surface area (TPSA) is 86.3 Å². The van der Waals surface area contributed by atoms with E-state index in [9.17, 15) is 15.1 Å². The van der Waals surface area contributed by atoms with Gasteiger partial charge in [-0.1, -0.05) is 30.3 Å². The first kappa shape index (κ1) is 11.9. The van der Waals surface area contributed by atoms with Crippen LogP contribution in [0.4, 0.5) is 0 Å². The summed E-state index contributed by atoms with van der Waals surface area (Å²) in [5.41, 5.74) is 0.891. The van der Waals surface area contributed by atoms with Crippen LogP contribution in [0.2, 0.25) is 0 Å². The Hall–Kier alpha value is -2.56. The first-order chi connectivity index (χ1) is 8.52. The maximum absolute atomic E-state index is 11.2. The molecule has 1 aromatic carbocycles. The second-order valence-electron chi connectivity index (χ2n) is 3.91. The molecule has 5 nitrogen and oxygen atoms in total. The van der Waals surface area contributed by atoms with Gasteiger partial charge in [0.1, 0.15) is 5.56 Å². The SMILES string of the molecule is Cc1cc(-c2ccccc2)c(C(=O)O)c(=N)n1O. The van der Waals surface area contributed by atoms with E-state index in [4.69, 9.17) is 5.41 Å². The van der Waals surface area contributed by atoms with E-state index in [-0.39, 0.29) is 5.56 Å². The number of nitrogens with zero attached hydrogens (tertiary/aromatic N) is 1. The van der Waals surface area contributed by atoms with Gasteiger partial charge >= 0.3 is 5.97 Å². The van der Waals surface area contributed by atoms with Crippen molar-refractivity contribution in [2.45, 2.75) is 6.92 Å². The molecule has 0 bridgehead atoms. The number of nitrogens with one attached hydrogen (secondary N) is 1. The number of pyridine rings is 1. The molecule has 2 rings (SSSR count). The second kappa shape index (κ2) is 4.37. The molecule has 0 aliphatic rings. The second-order valence-corrected chi connectivity index (χ2v) is 3.91. The van der Waals surface area contributed by atoms with Crippen molar-refractivity contribution in [2.24, 2.45) is 0 Å². The van der Waals surface area contributed by atoms with E-state index in [2.05, 4.69) is 0 Å². The summed E-state index contributed by atoms with van der Waals surface area (Å²) in [6.45, 7) is 1.61. The fourth-order valence-electron chi connectivity index (χ4n) is 1.81. The van der Waals surface area contributed by atoms with Crippen molar-refractivity contribution >= 4 is 5.97 Å². The van der Waals surface area contributed by atoms with Crippen LogP contribution in [0.5, 0.6) is 0 Å². The van der Waals surface area contributed by atoms with Crippen molar-refractivity contribution in [3.63, 3.8) is 0 Å². The molecule has 0 unspecified atom stereocenters. The molecule has 0 aliphatic carbocycles. The monoisotopic (exact) mass is 244 g/mol. The van der Waals surface area contributed by atoms with E-state index in [1.807, 2.05) is 6.07 Å². The highest BCUT2D eigenvalue weighted by atomic mass is 16.5. The standard InChI is InChI=1S/C13H12N2O3/c1-8-7-10(9-5-3-2-4-6-9)11(13(16)17)12(14)15(8)18/h2-7,14,18H,1H3,(H,16,17). The number of aromatic carboxylic acids is 1. The molecule has 0 atom stereocenters. The molecule has 0 fully saturated rings. The molecule has 18 heavy (non-hydrogen) atoms. The summed E-state index contributed by atoms with van der Waals surface area (Å²) < 4.78 is 0.565. The van der Waals surface area contributed by atoms with Crippen LogP contribution >= 0.6 is 0 Å². The highest BCUT2D eigenvalue weighted by Crippen LogP contribution is 2.22. The Kier molecular flexibility index (Phi) is 2.89. The Morgan fingerprint density at radius 1 is 1.28 bits per heavy atom. The highest BCUT2D eigenvalue weighted by molar-refractivity contribution is 5.95. The lowest BCUT2D eigenvalue weighted by Gasteiger charge is -2.11. The molecule has 3 N–H and O–H groups in total. The predicted octanol–water partition coefficient (Wildman–Crippen LogP) is 1.88. The van der Waals surface area contributed by atoms with E-state index in [0.29, 0.717) is 21.6 Å². The zero-order chi connectivity index (χ0) is 13.3. The lowest BCUT2D eigenvalue weighted by Crippen LogP contribution is -2.27. The number of hydrogen-bond donors (Lipinski definition) is 3. The summed E-state index contributed by atoms with van der Waals surface area (Å²) in [5.74, 6) is -1.23. The molecule has 1 aromatic heterocycles. The van der Waals surface area contributed by atoms with E-state index in [0.717, 1.165) is 0 Å². The van der Waals surface area contributed by atoms with Crippen LogP contribution in [0.25, 0.3) is 11.1 Å². The van der Waals surface area contributed by atoms with Crippen LogP contribution in [-0.4, -0.2) is 21.0 Å². The zero-order valence-electron chi connectivity index (χ0n) is 9.71. The van der Waals surface area contributed by atoms with Crippen molar-refractivity contribution < 1.29 is 15.1 Å². The molecular weight excluding hydrogens is 232 g/mol. The number of aryl methyl sites for hydroxylation is 1. The van der Waals surface area contributed by atoms with Gasteiger partial charge in [0.2, 0.25) is 0 Å². The van der Waals surface area contributed by atoms with Gasteiger partial charge in [-0.2, -0.15) is 4.73 Å². The van der Waals surface area contributed by atoms with Gasteiger partial charge in [0.05, 0.1) is 5.69 Å². The van der Waals surface area contributed by atoms with Crippen LogP contribution < -0.4 is 5.49 Å². The quantitative estimate of drug-likeness (QED) is 0.705. The number of hydrogen-bond acceptors (Lipinski definition) is 3. The third-order valence-electron chi connectivity index (χ3n) is 2.70. The molecule has 0 saturated carbocycles. The van der Waals surface area contributed by atoms with Crippen LogP contribution in [-0.2, 0) is 0 Å². The molecule has 1 heterocycles. The van der Waals surface area contributed by atoms with E-state index >= 15 is 0 Å². The number of carbonyl (C=O) groups is 1. The van der Waals surface area contributed by atoms with E-state index in [1.54, 1.807) is 37.3 Å². The fraction of sp³-hybridized carbons (Fsp3) is 0.0769. The molecular formula is C13H12N2O3. The summed E-state index contributed by atoms with van der Waals surface area (Å²) in [7, 11) is 0. The van der Waals surface area contributed by atoms with Crippen LogP contribution in [0.15, 0.2) is 36.4 Å². The first-order valence-electron chi connectivity index (χ1n) is 5.31. The maximum Gasteiger partial charge on any atom is 0.340 e. The Morgan fingerprint density at radius 3 is 2.44 bits per heavy atom. The predicted molar refractivity (Wildman–Crippen MR) is 64.6 cm³/mol. The summed E-state index contributed by atoms with van der Waals surface area (Å²) >= 11 is 0. The Balaban J connectivity index is 2.83. The minimum Gasteiger partial charge on any atom is -0.478 e. The molecule has 0 saturated heterocycles. The van der Waals surface area contributed by atoms with Gasteiger partial charge in [-0.25, -0.2) is 4.79 Å². The largest absolute Gasteiger partial charge is 0.478 e. The van der Waals surface area contributed by atoms with Crippen molar-refractivity contribution in [2.75, 3.05) is 0 Å². The minimum atomic E-state index is -1.23. The normalized spacial score (nSPS) is 10.3.